The largest absolute Gasteiger partial charge is 0.351 e. The van der Waals surface area contributed by atoms with Crippen molar-refractivity contribution in [2.24, 2.45) is 0 Å². The molecule has 1 aromatic heterocycles. The highest BCUT2D eigenvalue weighted by Gasteiger charge is 2.16. The van der Waals surface area contributed by atoms with Gasteiger partial charge in [0.05, 0.1) is 5.69 Å². The van der Waals surface area contributed by atoms with Gasteiger partial charge in [-0.1, -0.05) is 41.7 Å². The van der Waals surface area contributed by atoms with Crippen LogP contribution in [-0.4, -0.2) is 23.5 Å². The molecule has 3 amide bonds. The molecular weight excluding hydrogens is 379 g/mol. The number of thiazole rings is 1. The SMILES string of the molecule is Cc1nc(NC(=O)Nc2ccc(F)cc2)sc1C(=O)NCCc1ccccc1. The summed E-state index contributed by atoms with van der Waals surface area (Å²) in [5, 5.41) is 8.34. The first kappa shape index (κ1) is 19.5. The number of urea groups is 1. The van der Waals surface area contributed by atoms with Crippen molar-refractivity contribution in [3.05, 3.63) is 76.5 Å². The van der Waals surface area contributed by atoms with E-state index in [-0.39, 0.29) is 11.7 Å². The molecule has 6 nitrogen and oxygen atoms in total. The summed E-state index contributed by atoms with van der Waals surface area (Å²) in [6, 6.07) is 14.8. The van der Waals surface area contributed by atoms with Crippen LogP contribution in [0.15, 0.2) is 54.6 Å². The Morgan fingerprint density at radius 1 is 1.04 bits per heavy atom. The van der Waals surface area contributed by atoms with Crippen LogP contribution in [0.3, 0.4) is 0 Å². The Morgan fingerprint density at radius 2 is 1.75 bits per heavy atom. The van der Waals surface area contributed by atoms with E-state index >= 15 is 0 Å². The fourth-order valence-electron chi connectivity index (χ4n) is 2.50. The number of aryl methyl sites for hydroxylation is 1. The van der Waals surface area contributed by atoms with Gasteiger partial charge in [-0.05, 0) is 43.2 Å². The van der Waals surface area contributed by atoms with Gasteiger partial charge >= 0.3 is 6.03 Å². The summed E-state index contributed by atoms with van der Waals surface area (Å²) in [6.45, 7) is 2.22. The van der Waals surface area contributed by atoms with Crippen molar-refractivity contribution in [3.8, 4) is 0 Å². The Morgan fingerprint density at radius 3 is 2.46 bits per heavy atom. The number of nitrogens with zero attached hydrogens (tertiary/aromatic N) is 1. The third-order valence-corrected chi connectivity index (χ3v) is 4.94. The summed E-state index contributed by atoms with van der Waals surface area (Å²) in [5.41, 5.74) is 2.13. The van der Waals surface area contributed by atoms with Crippen LogP contribution < -0.4 is 16.0 Å². The average Bonchev–Trinajstić information content (AvgIpc) is 3.04. The number of nitrogens with one attached hydrogen (secondary N) is 3. The van der Waals surface area contributed by atoms with Crippen LogP contribution in [0, 0.1) is 12.7 Å². The second kappa shape index (κ2) is 9.09. The van der Waals surface area contributed by atoms with Gasteiger partial charge in [-0.25, -0.2) is 14.2 Å². The normalized spacial score (nSPS) is 10.4. The van der Waals surface area contributed by atoms with Crippen LogP contribution in [0.4, 0.5) is 20.0 Å². The molecule has 0 atom stereocenters. The number of amides is 3. The second-order valence-electron chi connectivity index (χ2n) is 6.01. The van der Waals surface area contributed by atoms with Crippen LogP contribution in [-0.2, 0) is 6.42 Å². The van der Waals surface area contributed by atoms with Crippen LogP contribution in [0.1, 0.15) is 20.9 Å². The quantitative estimate of drug-likeness (QED) is 0.582. The predicted octanol–water partition coefficient (Wildman–Crippen LogP) is 4.21. The van der Waals surface area contributed by atoms with Crippen molar-refractivity contribution in [1.29, 1.82) is 0 Å². The third-order valence-electron chi connectivity index (χ3n) is 3.87. The highest BCUT2D eigenvalue weighted by molar-refractivity contribution is 7.17. The summed E-state index contributed by atoms with van der Waals surface area (Å²) < 4.78 is 12.9. The van der Waals surface area contributed by atoms with Gasteiger partial charge in [0.25, 0.3) is 5.91 Å². The highest BCUT2D eigenvalue weighted by Crippen LogP contribution is 2.22. The second-order valence-corrected chi connectivity index (χ2v) is 7.01. The monoisotopic (exact) mass is 398 g/mol. The molecule has 0 saturated heterocycles. The lowest BCUT2D eigenvalue weighted by molar-refractivity contribution is 0.0957. The molecule has 3 aromatic rings. The molecule has 1 heterocycles. The Hall–Kier alpha value is -3.26. The molecule has 0 unspecified atom stereocenters. The molecule has 0 aliphatic heterocycles. The lowest BCUT2D eigenvalue weighted by atomic mass is 10.1. The van der Waals surface area contributed by atoms with E-state index in [1.807, 2.05) is 30.3 Å². The number of hydrogen-bond donors (Lipinski definition) is 3. The lowest BCUT2D eigenvalue weighted by Gasteiger charge is -2.05. The number of aromatic nitrogens is 1. The third kappa shape index (κ3) is 5.37. The summed E-state index contributed by atoms with van der Waals surface area (Å²) in [4.78, 5) is 29.1. The van der Waals surface area contributed by atoms with Crippen LogP contribution >= 0.6 is 11.3 Å². The minimum absolute atomic E-state index is 0.224. The van der Waals surface area contributed by atoms with E-state index in [0.717, 1.165) is 23.3 Å². The maximum atomic E-state index is 12.9. The first-order valence-electron chi connectivity index (χ1n) is 8.64. The van der Waals surface area contributed by atoms with Crippen LogP contribution in [0.5, 0.6) is 0 Å². The molecule has 0 saturated carbocycles. The zero-order chi connectivity index (χ0) is 19.9. The number of benzene rings is 2. The van der Waals surface area contributed by atoms with Crippen molar-refractivity contribution in [1.82, 2.24) is 10.3 Å². The minimum atomic E-state index is -0.517. The highest BCUT2D eigenvalue weighted by atomic mass is 32.1. The summed E-state index contributed by atoms with van der Waals surface area (Å²) >= 11 is 1.10. The minimum Gasteiger partial charge on any atom is -0.351 e. The molecule has 0 aliphatic carbocycles. The first-order valence-corrected chi connectivity index (χ1v) is 9.46. The number of rotatable bonds is 6. The summed E-state index contributed by atoms with van der Waals surface area (Å²) in [6.07, 6.45) is 0.732. The van der Waals surface area contributed by atoms with E-state index < -0.39 is 6.03 Å². The number of hydrogen-bond acceptors (Lipinski definition) is 4. The number of halogens is 1. The molecule has 3 rings (SSSR count). The van der Waals surface area contributed by atoms with E-state index in [1.165, 1.54) is 24.3 Å². The van der Waals surface area contributed by atoms with Gasteiger partial charge in [-0.3, -0.25) is 10.1 Å². The topological polar surface area (TPSA) is 83.1 Å². The van der Waals surface area contributed by atoms with Crippen molar-refractivity contribution >= 4 is 34.1 Å². The fourth-order valence-corrected chi connectivity index (χ4v) is 3.38. The molecule has 0 spiro atoms. The molecular formula is C20H19FN4O2S. The standard InChI is InChI=1S/C20H19FN4O2S/c1-13-17(18(26)22-12-11-14-5-3-2-4-6-14)28-20(23-13)25-19(27)24-16-9-7-15(21)8-10-16/h2-10H,11-12H2,1H3,(H,22,26)(H2,23,24,25,27). The fraction of sp³-hybridized carbons (Fsp3) is 0.150. The molecule has 8 heteroatoms. The van der Waals surface area contributed by atoms with Crippen molar-refractivity contribution < 1.29 is 14.0 Å². The molecule has 0 fully saturated rings. The van der Waals surface area contributed by atoms with E-state index in [1.54, 1.807) is 6.92 Å². The van der Waals surface area contributed by atoms with Gasteiger partial charge in [0.1, 0.15) is 10.7 Å². The van der Waals surface area contributed by atoms with Crippen LogP contribution in [0.25, 0.3) is 0 Å². The Balaban J connectivity index is 1.53. The zero-order valence-corrected chi connectivity index (χ0v) is 16.0. The van der Waals surface area contributed by atoms with Gasteiger partial charge in [-0.2, -0.15) is 0 Å². The molecule has 3 N–H and O–H groups in total. The number of anilines is 2. The first-order chi connectivity index (χ1) is 13.5. The van der Waals surface area contributed by atoms with E-state index in [9.17, 15) is 14.0 Å². The molecule has 28 heavy (non-hydrogen) atoms. The molecule has 0 bridgehead atoms. The average molecular weight is 398 g/mol. The van der Waals surface area contributed by atoms with Gasteiger partial charge in [0.15, 0.2) is 5.13 Å². The lowest BCUT2D eigenvalue weighted by Crippen LogP contribution is -2.25. The van der Waals surface area contributed by atoms with Gasteiger partial charge in [0, 0.05) is 12.2 Å². The van der Waals surface area contributed by atoms with Gasteiger partial charge in [0.2, 0.25) is 0 Å². The Kier molecular flexibility index (Phi) is 6.33. The van der Waals surface area contributed by atoms with Gasteiger partial charge in [-0.15, -0.1) is 0 Å². The van der Waals surface area contributed by atoms with Gasteiger partial charge < -0.3 is 10.6 Å². The van der Waals surface area contributed by atoms with Crippen molar-refractivity contribution in [2.75, 3.05) is 17.2 Å². The Bertz CT molecular complexity index is 958. The van der Waals surface area contributed by atoms with Crippen molar-refractivity contribution in [3.63, 3.8) is 0 Å². The van der Waals surface area contributed by atoms with Crippen LogP contribution in [0.2, 0.25) is 0 Å². The number of carbonyl (C=O) groups excluding carboxylic acids is 2. The maximum absolute atomic E-state index is 12.9. The van der Waals surface area contributed by atoms with E-state index in [2.05, 4.69) is 20.9 Å². The van der Waals surface area contributed by atoms with E-state index in [0.29, 0.717) is 27.9 Å². The molecule has 144 valence electrons. The molecule has 0 radical (unpaired) electrons. The zero-order valence-electron chi connectivity index (χ0n) is 15.2. The maximum Gasteiger partial charge on any atom is 0.325 e. The summed E-state index contributed by atoms with van der Waals surface area (Å²) in [5.74, 6) is -0.609. The smallest absolute Gasteiger partial charge is 0.325 e. The van der Waals surface area contributed by atoms with E-state index in [4.69, 9.17) is 0 Å². The van der Waals surface area contributed by atoms with Crippen molar-refractivity contribution in [2.45, 2.75) is 13.3 Å². The Labute approximate surface area is 165 Å². The molecule has 2 aromatic carbocycles. The molecule has 0 aliphatic rings. The number of carbonyl (C=O) groups is 2. The summed E-state index contributed by atoms with van der Waals surface area (Å²) in [7, 11) is 0. The predicted molar refractivity (Wildman–Crippen MR) is 108 cm³/mol.